The van der Waals surface area contributed by atoms with Gasteiger partial charge in [-0.2, -0.15) is 0 Å². The van der Waals surface area contributed by atoms with Gasteiger partial charge in [-0.3, -0.25) is 0 Å². The lowest BCUT2D eigenvalue weighted by atomic mass is 10.3. The molecule has 14 heavy (non-hydrogen) atoms. The number of imidazole rings is 1. The van der Waals surface area contributed by atoms with Crippen molar-refractivity contribution in [3.05, 3.63) is 12.0 Å². The Hall–Kier alpha value is -0.700. The Morgan fingerprint density at radius 2 is 2.14 bits per heavy atom. The van der Waals surface area contributed by atoms with Gasteiger partial charge in [-0.15, -0.1) is 0 Å². The second kappa shape index (κ2) is 4.69. The van der Waals surface area contributed by atoms with Gasteiger partial charge in [0.25, 0.3) is 0 Å². The fourth-order valence-corrected chi connectivity index (χ4v) is 1.64. The highest BCUT2D eigenvalue weighted by Gasteiger charge is 2.38. The molecule has 0 radical (unpaired) electrons. The van der Waals surface area contributed by atoms with Crippen molar-refractivity contribution in [3.8, 4) is 5.88 Å². The molecule has 0 atom stereocenters. The molecule has 0 unspecified atom stereocenters. The standard InChI is InChI=1S/C10H17N2O.ClH/c1-3-5-7-11-8-10-12(13-10)9(11)6-4-2;/h8H,3-7H2,1-2H3;1H/q+1;/p-1. The Bertz CT molecular complexity index is 309. The molecule has 2 rings (SSSR count). The molecule has 2 heterocycles. The van der Waals surface area contributed by atoms with Crippen molar-refractivity contribution in [2.45, 2.75) is 46.1 Å². The van der Waals surface area contributed by atoms with Crippen LogP contribution in [0.1, 0.15) is 38.9 Å². The van der Waals surface area contributed by atoms with Crippen LogP contribution in [0, 0.1) is 0 Å². The van der Waals surface area contributed by atoms with Crippen LogP contribution in [0.25, 0.3) is 0 Å². The van der Waals surface area contributed by atoms with Gasteiger partial charge in [0, 0.05) is 4.73 Å². The zero-order chi connectivity index (χ0) is 9.26. The van der Waals surface area contributed by atoms with Gasteiger partial charge in [0.1, 0.15) is 0 Å². The third kappa shape index (κ3) is 2.03. The van der Waals surface area contributed by atoms with Crippen molar-refractivity contribution in [1.82, 2.24) is 4.73 Å². The maximum Gasteiger partial charge on any atom is 0.415 e. The first-order valence-electron chi connectivity index (χ1n) is 5.19. The summed E-state index contributed by atoms with van der Waals surface area (Å²) in [5.41, 5.74) is 0. The molecule has 4 heteroatoms. The minimum atomic E-state index is 0. The summed E-state index contributed by atoms with van der Waals surface area (Å²) in [5.74, 6) is 2.35. The Kier molecular flexibility index (Phi) is 3.81. The molecule has 0 aliphatic carbocycles. The fraction of sp³-hybridized carbons (Fsp3) is 0.700. The van der Waals surface area contributed by atoms with E-state index in [9.17, 15) is 0 Å². The van der Waals surface area contributed by atoms with Gasteiger partial charge in [-0.25, -0.2) is 9.40 Å². The Labute approximate surface area is 91.0 Å². The molecule has 0 aromatic carbocycles. The number of halogens is 1. The summed E-state index contributed by atoms with van der Waals surface area (Å²) in [6, 6.07) is 0. The van der Waals surface area contributed by atoms with Crippen LogP contribution in [0.4, 0.5) is 0 Å². The first-order valence-corrected chi connectivity index (χ1v) is 5.19. The molecule has 0 N–H and O–H groups in total. The average Bonchev–Trinajstić information content (AvgIpc) is 2.82. The molecule has 1 aliphatic heterocycles. The van der Waals surface area contributed by atoms with E-state index < -0.39 is 0 Å². The maximum absolute atomic E-state index is 5.24. The quantitative estimate of drug-likeness (QED) is 0.449. The Morgan fingerprint density at radius 3 is 2.79 bits per heavy atom. The summed E-state index contributed by atoms with van der Waals surface area (Å²) >= 11 is 0. The molecule has 0 saturated heterocycles. The monoisotopic (exact) mass is 216 g/mol. The third-order valence-electron chi connectivity index (χ3n) is 2.41. The first kappa shape index (κ1) is 11.4. The zero-order valence-electron chi connectivity index (χ0n) is 8.79. The SMILES string of the molecule is CCCC[n+]1cc2n(c1CCC)O2.[Cl-]. The number of hydrogen-bond acceptors (Lipinski definition) is 1. The third-order valence-corrected chi connectivity index (χ3v) is 2.41. The second-order valence-corrected chi connectivity index (χ2v) is 3.57. The van der Waals surface area contributed by atoms with E-state index in [2.05, 4.69) is 24.6 Å². The van der Waals surface area contributed by atoms with E-state index in [1.165, 1.54) is 25.1 Å². The van der Waals surface area contributed by atoms with Crippen molar-refractivity contribution in [2.24, 2.45) is 0 Å². The zero-order valence-corrected chi connectivity index (χ0v) is 9.55. The first-order chi connectivity index (χ1) is 6.36. The van der Waals surface area contributed by atoms with Gasteiger partial charge < -0.3 is 12.4 Å². The summed E-state index contributed by atoms with van der Waals surface area (Å²) in [6.07, 6.45) is 6.91. The van der Waals surface area contributed by atoms with Gasteiger partial charge in [-0.1, -0.05) is 20.3 Å². The predicted octanol–water partition coefficient (Wildman–Crippen LogP) is -1.31. The molecule has 0 bridgehead atoms. The largest absolute Gasteiger partial charge is 1.00 e. The van der Waals surface area contributed by atoms with Crippen molar-refractivity contribution < 1.29 is 21.8 Å². The molecule has 3 nitrogen and oxygen atoms in total. The minimum Gasteiger partial charge on any atom is -1.00 e. The molecule has 0 saturated carbocycles. The summed E-state index contributed by atoms with van der Waals surface area (Å²) in [7, 11) is 0. The van der Waals surface area contributed by atoms with Crippen molar-refractivity contribution in [3.63, 3.8) is 0 Å². The molecular formula is C10H17ClN2O. The average molecular weight is 217 g/mol. The number of aryl methyl sites for hydroxylation is 1. The molecule has 0 spiro atoms. The summed E-state index contributed by atoms with van der Waals surface area (Å²) < 4.78 is 4.27. The topological polar surface area (TPSA) is 21.3 Å². The normalized spacial score (nSPS) is 11.6. The summed E-state index contributed by atoms with van der Waals surface area (Å²) in [5, 5.41) is 0. The van der Waals surface area contributed by atoms with Gasteiger partial charge in [0.15, 0.2) is 6.20 Å². The fourth-order valence-electron chi connectivity index (χ4n) is 1.64. The van der Waals surface area contributed by atoms with Crippen molar-refractivity contribution in [2.75, 3.05) is 0 Å². The van der Waals surface area contributed by atoms with Crippen LogP contribution in [-0.4, -0.2) is 4.73 Å². The Balaban J connectivity index is 0.000000980. The highest BCUT2D eigenvalue weighted by Crippen LogP contribution is 2.25. The van der Waals surface area contributed by atoms with E-state index in [1.54, 1.807) is 0 Å². The maximum atomic E-state index is 5.24. The van der Waals surface area contributed by atoms with E-state index in [4.69, 9.17) is 4.84 Å². The van der Waals surface area contributed by atoms with Gasteiger partial charge >= 0.3 is 11.7 Å². The molecular weight excluding hydrogens is 200 g/mol. The minimum absolute atomic E-state index is 0. The van der Waals surface area contributed by atoms with E-state index >= 15 is 0 Å². The molecule has 80 valence electrons. The molecule has 1 aliphatic rings. The van der Waals surface area contributed by atoms with Crippen molar-refractivity contribution >= 4 is 0 Å². The second-order valence-electron chi connectivity index (χ2n) is 3.57. The lowest BCUT2D eigenvalue weighted by Crippen LogP contribution is -3.00. The van der Waals surface area contributed by atoms with Crippen LogP contribution in [0.5, 0.6) is 5.88 Å². The number of fused-ring (bicyclic) bond motifs is 1. The summed E-state index contributed by atoms with van der Waals surface area (Å²) in [6.45, 7) is 5.56. The van der Waals surface area contributed by atoms with Gasteiger partial charge in [-0.05, 0) is 12.8 Å². The van der Waals surface area contributed by atoms with E-state index in [-0.39, 0.29) is 12.4 Å². The van der Waals surface area contributed by atoms with Crippen LogP contribution in [0.3, 0.4) is 0 Å². The van der Waals surface area contributed by atoms with Crippen LogP contribution in [0.15, 0.2) is 6.20 Å². The van der Waals surface area contributed by atoms with E-state index in [1.807, 2.05) is 4.73 Å². The summed E-state index contributed by atoms with van der Waals surface area (Å²) in [4.78, 5) is 5.24. The van der Waals surface area contributed by atoms with Crippen LogP contribution in [-0.2, 0) is 13.0 Å². The predicted molar refractivity (Wildman–Crippen MR) is 49.6 cm³/mol. The molecule has 0 amide bonds. The highest BCUT2D eigenvalue weighted by molar-refractivity contribution is 5.14. The number of hydrogen-bond donors (Lipinski definition) is 0. The van der Waals surface area contributed by atoms with E-state index in [0.717, 1.165) is 18.8 Å². The van der Waals surface area contributed by atoms with E-state index in [0.29, 0.717) is 0 Å². The molecule has 1 aromatic rings. The number of rotatable bonds is 5. The molecule has 0 fully saturated rings. The van der Waals surface area contributed by atoms with Crippen LogP contribution in [0.2, 0.25) is 0 Å². The number of nitrogens with zero attached hydrogens (tertiary/aromatic N) is 2. The molecule has 1 aromatic heterocycles. The van der Waals surface area contributed by atoms with Crippen LogP contribution >= 0.6 is 0 Å². The van der Waals surface area contributed by atoms with Crippen LogP contribution < -0.4 is 21.8 Å². The lowest BCUT2D eigenvalue weighted by Gasteiger charge is -1.98. The smallest absolute Gasteiger partial charge is 0.415 e. The Morgan fingerprint density at radius 1 is 1.36 bits per heavy atom. The number of unbranched alkanes of at least 4 members (excludes halogenated alkanes) is 1. The van der Waals surface area contributed by atoms with Gasteiger partial charge in [0.05, 0.1) is 13.0 Å². The lowest BCUT2D eigenvalue weighted by molar-refractivity contribution is -0.706. The van der Waals surface area contributed by atoms with Crippen molar-refractivity contribution in [1.29, 1.82) is 0 Å². The number of aromatic nitrogens is 2. The highest BCUT2D eigenvalue weighted by atomic mass is 35.5. The van der Waals surface area contributed by atoms with Gasteiger partial charge in [0.2, 0.25) is 0 Å².